The average molecular weight is 955 g/mol. The fourth-order valence-electron chi connectivity index (χ4n) is 7.95. The zero-order valence-corrected chi connectivity index (χ0v) is 35.9. The van der Waals surface area contributed by atoms with E-state index >= 15 is 0 Å². The van der Waals surface area contributed by atoms with Gasteiger partial charge in [-0.15, -0.1) is 0 Å². The van der Waals surface area contributed by atoms with Crippen LogP contribution in [0.1, 0.15) is 57.2 Å². The van der Waals surface area contributed by atoms with Crippen LogP contribution in [0.15, 0.2) is 82.6 Å². The van der Waals surface area contributed by atoms with Crippen LogP contribution < -0.4 is 57.1 Å². The van der Waals surface area contributed by atoms with Crippen LogP contribution in [0.4, 0.5) is 0 Å². The van der Waals surface area contributed by atoms with Gasteiger partial charge in [-0.3, -0.25) is 0 Å². The molecular weight excluding hydrogens is 919 g/mol. The molecule has 0 amide bonds. The Hall–Kier alpha value is -2.10. The Morgan fingerprint density at radius 3 is 1.32 bits per heavy atom. The van der Waals surface area contributed by atoms with Gasteiger partial charge >= 0.3 is 0 Å². The lowest BCUT2D eigenvalue weighted by atomic mass is 9.84. The van der Waals surface area contributed by atoms with Crippen LogP contribution in [0, 0.1) is 0 Å². The summed E-state index contributed by atoms with van der Waals surface area (Å²) in [4.78, 5) is 7.71. The Labute approximate surface area is 343 Å². The number of halogens is 2. The third-order valence-electron chi connectivity index (χ3n) is 10.7. The minimum Gasteiger partial charge on any atom is -1.00 e. The van der Waals surface area contributed by atoms with Gasteiger partial charge in [-0.1, -0.05) is 80.7 Å². The highest BCUT2D eigenvalue weighted by atomic mass is 127. The van der Waals surface area contributed by atoms with E-state index in [4.69, 9.17) is 0 Å². The summed E-state index contributed by atoms with van der Waals surface area (Å²) in [6, 6.07) is 27.2. The fraction of sp³-hybridized carbons (Fsp3) is 0.250. The summed E-state index contributed by atoms with van der Waals surface area (Å²) in [5, 5.41) is 2.77. The van der Waals surface area contributed by atoms with Gasteiger partial charge in [-0.2, -0.15) is 9.13 Å². The summed E-state index contributed by atoms with van der Waals surface area (Å²) in [6.45, 7) is 6.49. The fourth-order valence-corrected chi connectivity index (χ4v) is 13.1. The van der Waals surface area contributed by atoms with Crippen molar-refractivity contribution in [1.82, 2.24) is 9.80 Å². The van der Waals surface area contributed by atoms with E-state index in [-0.39, 0.29) is 48.0 Å². The molecule has 0 radical (unpaired) electrons. The topological polar surface area (TPSA) is 13.8 Å². The molecule has 2 aliphatic heterocycles. The summed E-state index contributed by atoms with van der Waals surface area (Å²) in [5.74, 6) is 0. The highest BCUT2D eigenvalue weighted by Crippen LogP contribution is 2.54. The molecule has 0 saturated heterocycles. The lowest BCUT2D eigenvalue weighted by molar-refractivity contribution is -0.665. The number of benzene rings is 4. The number of hydrogen-bond donors (Lipinski definition) is 0. The van der Waals surface area contributed by atoms with Crippen molar-refractivity contribution < 1.29 is 57.1 Å². The Kier molecular flexibility index (Phi) is 9.36. The first kappa shape index (κ1) is 35.0. The van der Waals surface area contributed by atoms with Gasteiger partial charge in [0.1, 0.15) is 33.9 Å². The average Bonchev–Trinajstić information content (AvgIpc) is 3.80. The molecule has 4 aliphatic rings. The predicted octanol–water partition coefficient (Wildman–Crippen LogP) is 3.28. The van der Waals surface area contributed by atoms with Gasteiger partial charge in [0.2, 0.25) is 11.0 Å². The van der Waals surface area contributed by atoms with Crippen LogP contribution >= 0.6 is 44.3 Å². The van der Waals surface area contributed by atoms with Crippen molar-refractivity contribution in [2.24, 2.45) is 0 Å². The molecule has 0 atom stereocenters. The van der Waals surface area contributed by atoms with Crippen LogP contribution in [0.2, 0.25) is 0 Å². The van der Waals surface area contributed by atoms with E-state index < -0.39 is 0 Å². The van der Waals surface area contributed by atoms with Gasteiger partial charge in [0, 0.05) is 47.1 Å². The molecule has 50 heavy (non-hydrogen) atoms. The van der Waals surface area contributed by atoms with Crippen molar-refractivity contribution in [2.75, 3.05) is 14.1 Å². The predicted molar refractivity (Wildman–Crippen MR) is 204 cm³/mol. The molecule has 10 rings (SSSR count). The lowest BCUT2D eigenvalue weighted by Crippen LogP contribution is -3.00. The van der Waals surface area contributed by atoms with E-state index in [0.29, 0.717) is 0 Å². The van der Waals surface area contributed by atoms with Crippen LogP contribution in [-0.2, 0) is 38.8 Å². The largest absolute Gasteiger partial charge is 1.00 e. The number of thiazole rings is 2. The van der Waals surface area contributed by atoms with Gasteiger partial charge in [0.05, 0.1) is 11.4 Å². The normalized spacial score (nSPS) is 15.4. The van der Waals surface area contributed by atoms with Gasteiger partial charge in [-0.05, 0) is 86.1 Å². The van der Waals surface area contributed by atoms with Crippen molar-refractivity contribution in [1.29, 1.82) is 0 Å². The quantitative estimate of drug-likeness (QED) is 0.126. The molecule has 0 N–H and O–H groups in total. The first-order valence-corrected chi connectivity index (χ1v) is 20.8. The monoisotopic (exact) mass is 954 g/mol. The summed E-state index contributed by atoms with van der Waals surface area (Å²) in [5.41, 5.74) is 17.5. The summed E-state index contributed by atoms with van der Waals surface area (Å²) >= 11 is 3.85. The molecular formula is C40H36I2N4S4. The molecule has 4 heterocycles. The number of rotatable bonds is 9. The van der Waals surface area contributed by atoms with Crippen molar-refractivity contribution >= 4 is 87.5 Å². The molecule has 6 aromatic rings. The highest BCUT2D eigenvalue weighted by Gasteiger charge is 2.44. The number of aryl methyl sites for hydroxylation is 2. The third kappa shape index (κ3) is 5.24. The molecule has 2 aliphatic carbocycles. The first-order valence-electron chi connectivity index (χ1n) is 17.0. The van der Waals surface area contributed by atoms with E-state index in [1.165, 1.54) is 99.8 Å². The third-order valence-corrected chi connectivity index (χ3v) is 15.6. The highest BCUT2D eigenvalue weighted by molar-refractivity contribution is 8.76. The van der Waals surface area contributed by atoms with Gasteiger partial charge in [0.25, 0.3) is 10.0 Å². The van der Waals surface area contributed by atoms with Gasteiger partial charge in [-0.25, -0.2) is 0 Å². The van der Waals surface area contributed by atoms with Crippen LogP contribution in [0.25, 0.3) is 43.2 Å². The molecule has 4 aromatic carbocycles. The Morgan fingerprint density at radius 1 is 0.540 bits per heavy atom. The molecule has 0 spiro atoms. The van der Waals surface area contributed by atoms with Crippen LogP contribution in [-0.4, -0.2) is 23.9 Å². The van der Waals surface area contributed by atoms with Gasteiger partial charge < -0.3 is 57.8 Å². The molecule has 0 fully saturated rings. The Bertz CT molecular complexity index is 2270. The molecule has 4 nitrogen and oxygen atoms in total. The number of aromatic nitrogens is 2. The smallest absolute Gasteiger partial charge is 0.289 e. The molecule has 254 valence electrons. The molecule has 2 aromatic heterocycles. The first-order chi connectivity index (χ1) is 23.6. The second-order valence-electron chi connectivity index (χ2n) is 13.1. The minimum absolute atomic E-state index is 0. The van der Waals surface area contributed by atoms with E-state index in [0.717, 1.165) is 13.1 Å². The minimum atomic E-state index is 0. The SMILES string of the molecule is CC[n+]1c(C2=C(c3ccc(SSc4ccc(C5=C(c6sc7ccccc7[n+]6CC)N5C)c5c4CC5)c4c3CC4)N2C)sc2ccccc21.[I-].[I-]. The van der Waals surface area contributed by atoms with Crippen LogP contribution in [0.5, 0.6) is 0 Å². The maximum absolute atomic E-state index is 2.48. The van der Waals surface area contributed by atoms with E-state index in [1.54, 1.807) is 22.3 Å². The summed E-state index contributed by atoms with van der Waals surface area (Å²) < 4.78 is 7.70. The van der Waals surface area contributed by atoms with Crippen molar-refractivity contribution in [3.05, 3.63) is 116 Å². The second-order valence-corrected chi connectivity index (χ2v) is 17.3. The van der Waals surface area contributed by atoms with Crippen molar-refractivity contribution in [3.63, 3.8) is 0 Å². The maximum atomic E-state index is 2.48. The Morgan fingerprint density at radius 2 is 0.940 bits per heavy atom. The summed E-state index contributed by atoms with van der Waals surface area (Å²) in [7, 11) is 8.41. The van der Waals surface area contributed by atoms with Crippen LogP contribution in [0.3, 0.4) is 0 Å². The van der Waals surface area contributed by atoms with Crippen molar-refractivity contribution in [2.45, 2.75) is 62.4 Å². The van der Waals surface area contributed by atoms with E-state index in [2.05, 4.69) is 120 Å². The van der Waals surface area contributed by atoms with E-state index in [9.17, 15) is 0 Å². The van der Waals surface area contributed by atoms with E-state index in [1.807, 2.05) is 44.3 Å². The molecule has 0 unspecified atom stereocenters. The number of nitrogens with zero attached hydrogens (tertiary/aromatic N) is 4. The molecule has 10 heteroatoms. The lowest BCUT2D eigenvalue weighted by Gasteiger charge is -2.27. The number of hydrogen-bond acceptors (Lipinski definition) is 6. The second kappa shape index (κ2) is 13.4. The standard InChI is InChI=1S/C40H36N4S4.2HI/c1-5-43-29-11-7-9-13-33(29)45-39(43)37-35(41(37)3)27-19-21-31(25-17-15-23(25)27)47-48-32-22-20-28(24-16-18-26(24)32)36-38(42(36)4)40-44(6-2)30-12-8-10-14-34(30)46-40;;/h7-14,19-22H,5-6,15-18H2,1-4H3;2*1H/q+2;;/p-2. The molecule has 0 saturated carbocycles. The summed E-state index contributed by atoms with van der Waals surface area (Å²) in [6.07, 6.45) is 4.74. The number of fused-ring (bicyclic) bond motifs is 4. The van der Waals surface area contributed by atoms with Gasteiger partial charge in [0.15, 0.2) is 0 Å². The maximum Gasteiger partial charge on any atom is 0.289 e. The zero-order chi connectivity index (χ0) is 32.3. The Balaban J connectivity index is 0.00000180. The molecule has 0 bridgehead atoms. The zero-order valence-electron chi connectivity index (χ0n) is 28.3. The van der Waals surface area contributed by atoms with Crippen molar-refractivity contribution in [3.8, 4) is 0 Å². The number of para-hydroxylation sites is 2.